The van der Waals surface area contributed by atoms with Gasteiger partial charge >= 0.3 is 0 Å². The van der Waals surface area contributed by atoms with Crippen molar-refractivity contribution in [2.24, 2.45) is 0 Å². The Hall–Kier alpha value is -3.29. The molecule has 0 radical (unpaired) electrons. The van der Waals surface area contributed by atoms with Crippen LogP contribution in [0.25, 0.3) is 5.70 Å². The smallest absolute Gasteiger partial charge is 0.226 e. The molecule has 154 valence electrons. The Morgan fingerprint density at radius 3 is 2.90 bits per heavy atom. The summed E-state index contributed by atoms with van der Waals surface area (Å²) in [4.78, 5) is 5.60. The molecule has 0 unspecified atom stereocenters. The van der Waals surface area contributed by atoms with Crippen molar-refractivity contribution < 1.29 is 9.47 Å². The zero-order valence-electron chi connectivity index (χ0n) is 16.4. The van der Waals surface area contributed by atoms with Crippen LogP contribution in [-0.4, -0.2) is 21.9 Å². The third kappa shape index (κ3) is 2.85. The van der Waals surface area contributed by atoms with Gasteiger partial charge in [-0.05, 0) is 35.7 Å². The fourth-order valence-corrected chi connectivity index (χ4v) is 5.30. The first-order valence-corrected chi connectivity index (χ1v) is 11.0. The van der Waals surface area contributed by atoms with E-state index in [9.17, 15) is 0 Å². The molecule has 0 bridgehead atoms. The number of hydrogen-bond donors (Lipinski definition) is 1. The van der Waals surface area contributed by atoms with E-state index in [1.807, 2.05) is 53.2 Å². The summed E-state index contributed by atoms with van der Waals surface area (Å²) in [5.74, 6) is 2.21. The quantitative estimate of drug-likeness (QED) is 0.444. The van der Waals surface area contributed by atoms with E-state index in [-0.39, 0.29) is 12.1 Å². The van der Waals surface area contributed by atoms with E-state index in [4.69, 9.17) is 21.1 Å². The van der Waals surface area contributed by atoms with Crippen molar-refractivity contribution in [3.63, 3.8) is 0 Å². The Morgan fingerprint density at radius 2 is 2.06 bits per heavy atom. The number of para-hydroxylation sites is 1. The summed E-state index contributed by atoms with van der Waals surface area (Å²) >= 11 is 8.05. The second-order valence-electron chi connectivity index (χ2n) is 7.28. The number of halogens is 1. The molecule has 0 aliphatic carbocycles. The molecule has 2 aromatic heterocycles. The van der Waals surface area contributed by atoms with Crippen molar-refractivity contribution in [2.45, 2.75) is 12.1 Å². The van der Waals surface area contributed by atoms with Crippen molar-refractivity contribution >= 4 is 34.6 Å². The van der Waals surface area contributed by atoms with E-state index in [1.54, 1.807) is 24.8 Å². The first kappa shape index (κ1) is 18.5. The first-order valence-electron chi connectivity index (χ1n) is 9.78. The van der Waals surface area contributed by atoms with E-state index in [0.717, 1.165) is 38.8 Å². The number of ether oxygens (including phenoxy) is 2. The monoisotopic (exact) mass is 448 g/mol. The molecule has 0 saturated carbocycles. The van der Waals surface area contributed by atoms with Crippen molar-refractivity contribution in [3.8, 4) is 11.5 Å². The highest BCUT2D eigenvalue weighted by atomic mass is 35.5. The van der Waals surface area contributed by atoms with Crippen LogP contribution in [0.3, 0.4) is 0 Å². The molecule has 2 aromatic carbocycles. The van der Waals surface area contributed by atoms with Gasteiger partial charge in [0.25, 0.3) is 0 Å². The van der Waals surface area contributed by atoms with Crippen LogP contribution in [0.5, 0.6) is 11.5 Å². The predicted molar refractivity (Wildman–Crippen MR) is 121 cm³/mol. The minimum atomic E-state index is -0.378. The molecule has 0 saturated heterocycles. The number of benzene rings is 2. The van der Waals surface area contributed by atoms with Gasteiger partial charge < -0.3 is 14.8 Å². The summed E-state index contributed by atoms with van der Waals surface area (Å²) in [5, 5.41) is 10.7. The first-order chi connectivity index (χ1) is 15.2. The maximum absolute atomic E-state index is 6.61. The number of hydrogen-bond acceptors (Lipinski definition) is 6. The molecule has 6 rings (SSSR count). The lowest BCUT2D eigenvalue weighted by Crippen LogP contribution is -2.32. The number of fused-ring (bicyclic) bond motifs is 3. The SMILES string of the molecule is COc1ccccc1[C@@H]1Oc2ccc(Cl)cc2C2=C1[C@@H](c1cccs1)n1ncnc1N2. The number of methoxy groups -OCH3 is 1. The lowest BCUT2D eigenvalue weighted by molar-refractivity contribution is 0.218. The summed E-state index contributed by atoms with van der Waals surface area (Å²) in [5.41, 5.74) is 3.84. The largest absolute Gasteiger partial charge is 0.496 e. The number of anilines is 1. The van der Waals surface area contributed by atoms with E-state index < -0.39 is 0 Å². The van der Waals surface area contributed by atoms with E-state index in [2.05, 4.69) is 26.8 Å². The average molecular weight is 449 g/mol. The summed E-state index contributed by atoms with van der Waals surface area (Å²) in [6.45, 7) is 0. The molecule has 4 heterocycles. The molecule has 1 N–H and O–H groups in total. The summed E-state index contributed by atoms with van der Waals surface area (Å²) in [6.07, 6.45) is 1.19. The summed E-state index contributed by atoms with van der Waals surface area (Å²) < 4.78 is 14.2. The van der Waals surface area contributed by atoms with Crippen LogP contribution in [0.1, 0.15) is 28.1 Å². The fraction of sp³-hybridized carbons (Fsp3) is 0.130. The van der Waals surface area contributed by atoms with Gasteiger partial charge in [-0.25, -0.2) is 4.68 Å². The van der Waals surface area contributed by atoms with Crippen molar-refractivity contribution in [1.82, 2.24) is 14.8 Å². The molecule has 31 heavy (non-hydrogen) atoms. The number of nitrogens with zero attached hydrogens (tertiary/aromatic N) is 3. The van der Waals surface area contributed by atoms with Crippen LogP contribution in [0, 0.1) is 0 Å². The Labute approximate surface area is 187 Å². The lowest BCUT2D eigenvalue weighted by atomic mass is 9.86. The molecule has 2 atom stereocenters. The Bertz CT molecular complexity index is 1310. The summed E-state index contributed by atoms with van der Waals surface area (Å²) in [7, 11) is 1.68. The fourth-order valence-electron chi connectivity index (χ4n) is 4.30. The Morgan fingerprint density at radius 1 is 1.16 bits per heavy atom. The van der Waals surface area contributed by atoms with Crippen LogP contribution in [0.2, 0.25) is 5.02 Å². The average Bonchev–Trinajstić information content (AvgIpc) is 3.49. The van der Waals surface area contributed by atoms with Crippen molar-refractivity contribution in [1.29, 1.82) is 0 Å². The number of nitrogens with one attached hydrogen (secondary N) is 1. The molecular formula is C23H17ClN4O2S. The molecule has 4 aromatic rings. The van der Waals surface area contributed by atoms with E-state index in [0.29, 0.717) is 11.0 Å². The molecule has 6 nitrogen and oxygen atoms in total. The van der Waals surface area contributed by atoms with Gasteiger partial charge in [0.2, 0.25) is 5.95 Å². The van der Waals surface area contributed by atoms with Gasteiger partial charge in [-0.3, -0.25) is 0 Å². The zero-order valence-corrected chi connectivity index (χ0v) is 18.0. The summed E-state index contributed by atoms with van der Waals surface area (Å²) in [6, 6.07) is 17.6. The highest BCUT2D eigenvalue weighted by Gasteiger charge is 2.42. The van der Waals surface area contributed by atoms with E-state index in [1.165, 1.54) is 0 Å². The van der Waals surface area contributed by atoms with Crippen LogP contribution < -0.4 is 14.8 Å². The second kappa shape index (κ2) is 7.14. The van der Waals surface area contributed by atoms with Crippen LogP contribution in [0.15, 0.2) is 71.9 Å². The van der Waals surface area contributed by atoms with Gasteiger partial charge in [0.1, 0.15) is 23.9 Å². The van der Waals surface area contributed by atoms with E-state index >= 15 is 0 Å². The molecule has 8 heteroatoms. The topological polar surface area (TPSA) is 61.2 Å². The van der Waals surface area contributed by atoms with Gasteiger partial charge in [-0.2, -0.15) is 10.1 Å². The minimum absolute atomic E-state index is 0.171. The minimum Gasteiger partial charge on any atom is -0.496 e. The lowest BCUT2D eigenvalue weighted by Gasteiger charge is -2.38. The molecule has 0 amide bonds. The van der Waals surface area contributed by atoms with Crippen LogP contribution in [0.4, 0.5) is 5.95 Å². The van der Waals surface area contributed by atoms with Gasteiger partial charge in [-0.1, -0.05) is 35.9 Å². The van der Waals surface area contributed by atoms with Crippen molar-refractivity contribution in [3.05, 3.63) is 92.9 Å². The maximum atomic E-state index is 6.61. The number of thiophene rings is 1. The molecule has 0 fully saturated rings. The van der Waals surface area contributed by atoms with Gasteiger partial charge in [0, 0.05) is 26.6 Å². The molecular weight excluding hydrogens is 432 g/mol. The standard InChI is InChI=1S/C23H17ClN4O2S/c1-29-16-6-3-2-5-14(16)22-19-20(15-11-13(24)8-9-17(15)30-22)27-23-25-12-26-28(23)21(19)18-7-4-10-31-18/h2-12,21-22H,1H3,(H,25,26,27)/t21-,22+/m1/s1. The normalized spacial score (nSPS) is 19.0. The Kier molecular flexibility index (Phi) is 4.26. The highest BCUT2D eigenvalue weighted by molar-refractivity contribution is 7.10. The maximum Gasteiger partial charge on any atom is 0.226 e. The molecule has 2 aliphatic heterocycles. The number of aromatic nitrogens is 3. The second-order valence-corrected chi connectivity index (χ2v) is 8.70. The Balaban J connectivity index is 1.65. The van der Waals surface area contributed by atoms with Gasteiger partial charge in [0.05, 0.1) is 12.8 Å². The third-order valence-corrected chi connectivity index (χ3v) is 6.77. The van der Waals surface area contributed by atoms with Crippen LogP contribution >= 0.6 is 22.9 Å². The van der Waals surface area contributed by atoms with Crippen LogP contribution in [-0.2, 0) is 0 Å². The number of rotatable bonds is 3. The molecule has 2 aliphatic rings. The highest BCUT2D eigenvalue weighted by Crippen LogP contribution is 2.52. The van der Waals surface area contributed by atoms with Crippen molar-refractivity contribution in [2.75, 3.05) is 12.4 Å². The predicted octanol–water partition coefficient (Wildman–Crippen LogP) is 5.56. The zero-order chi connectivity index (χ0) is 20.9. The molecule has 0 spiro atoms. The third-order valence-electron chi connectivity index (χ3n) is 5.61. The van der Waals surface area contributed by atoms with Gasteiger partial charge in [-0.15, -0.1) is 11.3 Å². The van der Waals surface area contributed by atoms with Gasteiger partial charge in [0.15, 0.2) is 6.10 Å².